The zero-order valence-electron chi connectivity index (χ0n) is 15.0. The first-order valence-electron chi connectivity index (χ1n) is 8.16. The predicted molar refractivity (Wildman–Crippen MR) is 105 cm³/mol. The number of hydrogen-bond donors (Lipinski definition) is 2. The summed E-state index contributed by atoms with van der Waals surface area (Å²) in [4.78, 5) is 4.95. The SMILES string of the molecule is CCNC(=NCC(C)(C)SC)NCCCS(=O)(=O)c1ccccc1. The highest BCUT2D eigenvalue weighted by Crippen LogP contribution is 2.20. The van der Waals surface area contributed by atoms with Gasteiger partial charge < -0.3 is 10.6 Å². The molecule has 2 N–H and O–H groups in total. The van der Waals surface area contributed by atoms with Gasteiger partial charge in [0.2, 0.25) is 0 Å². The number of guanidine groups is 1. The van der Waals surface area contributed by atoms with Crippen LogP contribution in [0.2, 0.25) is 0 Å². The van der Waals surface area contributed by atoms with Gasteiger partial charge in [-0.3, -0.25) is 4.99 Å². The van der Waals surface area contributed by atoms with E-state index >= 15 is 0 Å². The molecule has 0 saturated carbocycles. The normalized spacial score (nSPS) is 12.9. The molecule has 24 heavy (non-hydrogen) atoms. The smallest absolute Gasteiger partial charge is 0.191 e. The molecule has 0 radical (unpaired) electrons. The summed E-state index contributed by atoms with van der Waals surface area (Å²) in [7, 11) is -3.21. The second kappa shape index (κ2) is 9.93. The first-order chi connectivity index (χ1) is 11.3. The van der Waals surface area contributed by atoms with Crippen LogP contribution in [0.5, 0.6) is 0 Å². The quantitative estimate of drug-likeness (QED) is 0.397. The maximum atomic E-state index is 12.2. The minimum atomic E-state index is -3.21. The van der Waals surface area contributed by atoms with Gasteiger partial charge in [-0.25, -0.2) is 8.42 Å². The molecule has 0 spiro atoms. The van der Waals surface area contributed by atoms with Crippen molar-refractivity contribution in [3.05, 3.63) is 30.3 Å². The van der Waals surface area contributed by atoms with E-state index in [1.165, 1.54) is 0 Å². The van der Waals surface area contributed by atoms with Gasteiger partial charge in [-0.1, -0.05) is 18.2 Å². The molecular weight excluding hydrogens is 342 g/mol. The molecule has 0 aliphatic carbocycles. The Labute approximate surface area is 150 Å². The standard InChI is InChI=1S/C17H29N3O2S2/c1-5-18-16(20-14-17(2,3)23-4)19-12-9-13-24(21,22)15-10-7-6-8-11-15/h6-8,10-11H,5,9,12-14H2,1-4H3,(H2,18,19,20). The Morgan fingerprint density at radius 2 is 1.88 bits per heavy atom. The number of benzene rings is 1. The second-order valence-electron chi connectivity index (χ2n) is 6.07. The van der Waals surface area contributed by atoms with Crippen LogP contribution in [0.1, 0.15) is 27.2 Å². The molecule has 0 amide bonds. The Bertz CT molecular complexity index is 614. The highest BCUT2D eigenvalue weighted by molar-refractivity contribution is 7.99. The van der Waals surface area contributed by atoms with Crippen molar-refractivity contribution < 1.29 is 8.42 Å². The molecule has 0 heterocycles. The number of aliphatic imine (C=N–C) groups is 1. The van der Waals surface area contributed by atoms with Crippen LogP contribution in [-0.2, 0) is 9.84 Å². The van der Waals surface area contributed by atoms with Gasteiger partial charge in [0, 0.05) is 17.8 Å². The van der Waals surface area contributed by atoms with Gasteiger partial charge in [-0.15, -0.1) is 0 Å². The number of thioether (sulfide) groups is 1. The van der Waals surface area contributed by atoms with Gasteiger partial charge in [-0.2, -0.15) is 11.8 Å². The molecular formula is C17H29N3O2S2. The molecule has 0 bridgehead atoms. The summed E-state index contributed by atoms with van der Waals surface area (Å²) in [6.45, 7) is 8.35. The van der Waals surface area contributed by atoms with Gasteiger partial charge >= 0.3 is 0 Å². The van der Waals surface area contributed by atoms with Crippen LogP contribution in [0, 0.1) is 0 Å². The molecule has 0 fully saturated rings. The summed E-state index contributed by atoms with van der Waals surface area (Å²) in [5.74, 6) is 0.858. The predicted octanol–water partition coefficient (Wildman–Crippen LogP) is 2.55. The van der Waals surface area contributed by atoms with Crippen molar-refractivity contribution in [1.29, 1.82) is 0 Å². The lowest BCUT2D eigenvalue weighted by atomic mass is 10.2. The van der Waals surface area contributed by atoms with E-state index in [0.717, 1.165) is 12.5 Å². The molecule has 0 aromatic heterocycles. The summed E-state index contributed by atoms with van der Waals surface area (Å²) in [6.07, 6.45) is 2.61. The average Bonchev–Trinajstić information content (AvgIpc) is 2.57. The van der Waals surface area contributed by atoms with Gasteiger partial charge in [0.1, 0.15) is 0 Å². The van der Waals surface area contributed by atoms with E-state index in [1.807, 2.05) is 13.0 Å². The van der Waals surface area contributed by atoms with Crippen LogP contribution in [0.4, 0.5) is 0 Å². The van der Waals surface area contributed by atoms with Crippen molar-refractivity contribution in [2.24, 2.45) is 4.99 Å². The van der Waals surface area contributed by atoms with Gasteiger partial charge in [0.25, 0.3) is 0 Å². The summed E-state index contributed by atoms with van der Waals surface area (Å²) in [5.41, 5.74) is 0. The first kappa shape index (κ1) is 20.8. The van der Waals surface area contributed by atoms with Crippen LogP contribution in [0.3, 0.4) is 0 Å². The number of rotatable bonds is 9. The van der Waals surface area contributed by atoms with Crippen molar-refractivity contribution in [3.63, 3.8) is 0 Å². The average molecular weight is 372 g/mol. The lowest BCUT2D eigenvalue weighted by Gasteiger charge is -2.20. The highest BCUT2D eigenvalue weighted by Gasteiger charge is 2.16. The zero-order chi connectivity index (χ0) is 18.1. The van der Waals surface area contributed by atoms with Crippen LogP contribution in [-0.4, -0.2) is 50.8 Å². The van der Waals surface area contributed by atoms with E-state index < -0.39 is 9.84 Å². The molecule has 0 saturated heterocycles. The molecule has 1 aromatic carbocycles. The van der Waals surface area contributed by atoms with Gasteiger partial charge in [0.15, 0.2) is 15.8 Å². The van der Waals surface area contributed by atoms with Crippen molar-refractivity contribution in [2.45, 2.75) is 36.8 Å². The highest BCUT2D eigenvalue weighted by atomic mass is 32.2. The van der Waals surface area contributed by atoms with Crippen LogP contribution >= 0.6 is 11.8 Å². The Kier molecular flexibility index (Phi) is 8.62. The Balaban J connectivity index is 2.50. The number of nitrogens with one attached hydrogen (secondary N) is 2. The fourth-order valence-electron chi connectivity index (χ4n) is 1.89. The minimum absolute atomic E-state index is 0.0823. The van der Waals surface area contributed by atoms with Crippen molar-refractivity contribution >= 4 is 27.6 Å². The Morgan fingerprint density at radius 3 is 2.46 bits per heavy atom. The third-order valence-corrected chi connectivity index (χ3v) is 6.55. The molecule has 0 aliphatic heterocycles. The zero-order valence-corrected chi connectivity index (χ0v) is 16.6. The van der Waals surface area contributed by atoms with E-state index in [2.05, 4.69) is 35.7 Å². The lowest BCUT2D eigenvalue weighted by Crippen LogP contribution is -2.39. The summed E-state index contributed by atoms with van der Waals surface area (Å²) >= 11 is 1.77. The van der Waals surface area contributed by atoms with E-state index in [9.17, 15) is 8.42 Å². The number of sulfone groups is 1. The topological polar surface area (TPSA) is 70.6 Å². The molecule has 0 aliphatic rings. The summed E-state index contributed by atoms with van der Waals surface area (Å²) in [5, 5.41) is 6.40. The summed E-state index contributed by atoms with van der Waals surface area (Å²) in [6, 6.07) is 8.58. The second-order valence-corrected chi connectivity index (χ2v) is 9.69. The number of nitrogens with zero attached hydrogens (tertiary/aromatic N) is 1. The van der Waals surface area contributed by atoms with Gasteiger partial charge in [0.05, 0.1) is 17.2 Å². The van der Waals surface area contributed by atoms with Crippen LogP contribution in [0.25, 0.3) is 0 Å². The maximum absolute atomic E-state index is 12.2. The first-order valence-corrected chi connectivity index (χ1v) is 11.0. The van der Waals surface area contributed by atoms with Crippen LogP contribution in [0.15, 0.2) is 40.2 Å². The fourth-order valence-corrected chi connectivity index (χ4v) is 3.42. The largest absolute Gasteiger partial charge is 0.357 e. The molecule has 0 atom stereocenters. The van der Waals surface area contributed by atoms with Crippen LogP contribution < -0.4 is 10.6 Å². The van der Waals surface area contributed by atoms with E-state index in [1.54, 1.807) is 36.0 Å². The fraction of sp³-hybridized carbons (Fsp3) is 0.588. The molecule has 136 valence electrons. The van der Waals surface area contributed by atoms with Gasteiger partial charge in [-0.05, 0) is 45.6 Å². The molecule has 5 nitrogen and oxygen atoms in total. The maximum Gasteiger partial charge on any atom is 0.191 e. The van der Waals surface area contributed by atoms with Crippen molar-refractivity contribution in [3.8, 4) is 0 Å². The minimum Gasteiger partial charge on any atom is -0.357 e. The molecule has 7 heteroatoms. The molecule has 1 rings (SSSR count). The Morgan fingerprint density at radius 1 is 1.21 bits per heavy atom. The number of hydrogen-bond acceptors (Lipinski definition) is 4. The summed E-state index contributed by atoms with van der Waals surface area (Å²) < 4.78 is 24.5. The molecule has 0 unspecified atom stereocenters. The third kappa shape index (κ3) is 7.57. The van der Waals surface area contributed by atoms with E-state index in [-0.39, 0.29) is 10.5 Å². The lowest BCUT2D eigenvalue weighted by molar-refractivity contribution is 0.592. The monoisotopic (exact) mass is 371 g/mol. The van der Waals surface area contributed by atoms with E-state index in [0.29, 0.717) is 24.4 Å². The van der Waals surface area contributed by atoms with E-state index in [4.69, 9.17) is 0 Å². The molecule has 1 aromatic rings. The Hall–Kier alpha value is -1.21. The van der Waals surface area contributed by atoms with Crippen molar-refractivity contribution in [2.75, 3.05) is 31.6 Å². The van der Waals surface area contributed by atoms with Crippen molar-refractivity contribution in [1.82, 2.24) is 10.6 Å². The third-order valence-electron chi connectivity index (χ3n) is 3.50.